The second kappa shape index (κ2) is 6.45. The van der Waals surface area contributed by atoms with Gasteiger partial charge in [0.05, 0.1) is 5.69 Å². The van der Waals surface area contributed by atoms with Crippen molar-refractivity contribution in [3.05, 3.63) is 29.3 Å². The maximum absolute atomic E-state index is 12.9. The summed E-state index contributed by atoms with van der Waals surface area (Å²) in [7, 11) is 0. The van der Waals surface area contributed by atoms with Crippen LogP contribution in [0.2, 0.25) is 5.02 Å². The first-order valence-electron chi connectivity index (χ1n) is 6.33. The van der Waals surface area contributed by atoms with Crippen LogP contribution >= 0.6 is 11.6 Å². The summed E-state index contributed by atoms with van der Waals surface area (Å²) < 4.78 is 38.8. The summed E-state index contributed by atoms with van der Waals surface area (Å²) in [6.45, 7) is 1.20. The average Bonchev–Trinajstić information content (AvgIpc) is 2.88. The Morgan fingerprint density at radius 2 is 1.80 bits per heavy atom. The number of nitrogens with zero attached hydrogens (tertiary/aromatic N) is 2. The standard InChI is InChI=1S/C13H15ClF3N3/c14-10-3-5-11(6-4-10)18-19-12(13(15,16)17)9-20-7-1-2-8-20/h3-6,18H,1-2,7-9H2/b19-12-. The molecule has 1 heterocycles. The molecule has 2 rings (SSSR count). The van der Waals surface area contributed by atoms with E-state index in [1.807, 2.05) is 0 Å². The molecule has 0 spiro atoms. The van der Waals surface area contributed by atoms with E-state index in [-0.39, 0.29) is 6.54 Å². The molecule has 0 radical (unpaired) electrons. The van der Waals surface area contributed by atoms with E-state index >= 15 is 0 Å². The van der Waals surface area contributed by atoms with Crippen LogP contribution in [-0.2, 0) is 0 Å². The van der Waals surface area contributed by atoms with E-state index in [1.165, 1.54) is 0 Å². The van der Waals surface area contributed by atoms with Gasteiger partial charge in [-0.3, -0.25) is 10.3 Å². The van der Waals surface area contributed by atoms with E-state index in [1.54, 1.807) is 29.2 Å². The first-order valence-corrected chi connectivity index (χ1v) is 6.70. The molecule has 1 aromatic carbocycles. The highest BCUT2D eigenvalue weighted by molar-refractivity contribution is 6.30. The third-order valence-electron chi connectivity index (χ3n) is 3.06. The van der Waals surface area contributed by atoms with Crippen molar-refractivity contribution in [2.75, 3.05) is 25.1 Å². The van der Waals surface area contributed by atoms with Crippen molar-refractivity contribution in [3.63, 3.8) is 0 Å². The summed E-state index contributed by atoms with van der Waals surface area (Å²) >= 11 is 5.71. The van der Waals surface area contributed by atoms with Gasteiger partial charge in [0.2, 0.25) is 0 Å². The number of halogens is 4. The van der Waals surface area contributed by atoms with E-state index in [9.17, 15) is 13.2 Å². The molecule has 0 saturated carbocycles. The van der Waals surface area contributed by atoms with Gasteiger partial charge < -0.3 is 0 Å². The highest BCUT2D eigenvalue weighted by Crippen LogP contribution is 2.21. The normalized spacial score (nSPS) is 17.5. The SMILES string of the molecule is FC(F)(F)/C(CN1CCCC1)=N\Nc1ccc(Cl)cc1. The van der Waals surface area contributed by atoms with Gasteiger partial charge in [0, 0.05) is 11.6 Å². The lowest BCUT2D eigenvalue weighted by Crippen LogP contribution is -2.36. The molecule has 0 unspecified atom stereocenters. The van der Waals surface area contributed by atoms with Crippen LogP contribution in [0.15, 0.2) is 29.4 Å². The van der Waals surface area contributed by atoms with E-state index in [0.29, 0.717) is 23.8 Å². The summed E-state index contributed by atoms with van der Waals surface area (Å²) in [5.74, 6) is 0. The predicted octanol–water partition coefficient (Wildman–Crippen LogP) is 3.77. The van der Waals surface area contributed by atoms with Gasteiger partial charge in [-0.1, -0.05) is 11.6 Å². The molecule has 0 atom stereocenters. The first kappa shape index (κ1) is 15.1. The number of anilines is 1. The van der Waals surface area contributed by atoms with Gasteiger partial charge in [-0.15, -0.1) is 0 Å². The Bertz CT molecular complexity index is 465. The number of hydrogen-bond acceptors (Lipinski definition) is 3. The molecule has 20 heavy (non-hydrogen) atoms. The minimum absolute atomic E-state index is 0.176. The summed E-state index contributed by atoms with van der Waals surface area (Å²) in [4.78, 5) is 1.76. The Kier molecular flexibility index (Phi) is 4.88. The lowest BCUT2D eigenvalue weighted by Gasteiger charge is -2.18. The Labute approximate surface area is 120 Å². The molecule has 3 nitrogen and oxygen atoms in total. The second-order valence-corrected chi connectivity index (χ2v) is 5.09. The number of hydrogen-bond donors (Lipinski definition) is 1. The average molecular weight is 306 g/mol. The molecule has 1 aliphatic heterocycles. The largest absolute Gasteiger partial charge is 0.432 e. The third kappa shape index (κ3) is 4.38. The topological polar surface area (TPSA) is 27.6 Å². The van der Waals surface area contributed by atoms with Crippen LogP contribution < -0.4 is 5.43 Å². The van der Waals surface area contributed by atoms with Crippen LogP contribution in [0.4, 0.5) is 18.9 Å². The van der Waals surface area contributed by atoms with E-state index in [4.69, 9.17) is 11.6 Å². The zero-order chi connectivity index (χ0) is 14.6. The summed E-state index contributed by atoms with van der Waals surface area (Å²) in [5.41, 5.74) is 2.09. The van der Waals surface area contributed by atoms with Crippen molar-refractivity contribution in [1.29, 1.82) is 0 Å². The fourth-order valence-electron chi connectivity index (χ4n) is 2.00. The summed E-state index contributed by atoms with van der Waals surface area (Å²) in [6.07, 6.45) is -2.55. The molecule has 1 saturated heterocycles. The molecule has 1 fully saturated rings. The highest BCUT2D eigenvalue weighted by atomic mass is 35.5. The molecule has 0 aliphatic carbocycles. The second-order valence-electron chi connectivity index (χ2n) is 4.66. The molecule has 1 N–H and O–H groups in total. The van der Waals surface area contributed by atoms with Crippen molar-refractivity contribution in [2.24, 2.45) is 5.10 Å². The number of alkyl halides is 3. The Balaban J connectivity index is 2.05. The lowest BCUT2D eigenvalue weighted by molar-refractivity contribution is -0.0613. The van der Waals surface area contributed by atoms with Crippen LogP contribution in [0.5, 0.6) is 0 Å². The maximum atomic E-state index is 12.9. The minimum Gasteiger partial charge on any atom is -0.297 e. The van der Waals surface area contributed by atoms with Crippen LogP contribution in [-0.4, -0.2) is 36.4 Å². The number of rotatable bonds is 4. The number of hydrazone groups is 1. The van der Waals surface area contributed by atoms with Gasteiger partial charge in [-0.2, -0.15) is 18.3 Å². The molecule has 1 aromatic rings. The van der Waals surface area contributed by atoms with Gasteiger partial charge in [0.1, 0.15) is 0 Å². The van der Waals surface area contributed by atoms with Crippen LogP contribution in [0, 0.1) is 0 Å². The summed E-state index contributed by atoms with van der Waals surface area (Å²) in [5, 5.41) is 4.04. The fraction of sp³-hybridized carbons (Fsp3) is 0.462. The maximum Gasteiger partial charge on any atom is 0.432 e. The van der Waals surface area contributed by atoms with Gasteiger partial charge >= 0.3 is 6.18 Å². The van der Waals surface area contributed by atoms with E-state index in [2.05, 4.69) is 10.5 Å². The van der Waals surface area contributed by atoms with Gasteiger partial charge in [0.25, 0.3) is 0 Å². The van der Waals surface area contributed by atoms with E-state index in [0.717, 1.165) is 12.8 Å². The fourth-order valence-corrected chi connectivity index (χ4v) is 2.12. The highest BCUT2D eigenvalue weighted by Gasteiger charge is 2.37. The van der Waals surface area contributed by atoms with Crippen molar-refractivity contribution < 1.29 is 13.2 Å². The molecule has 7 heteroatoms. The molecule has 0 aromatic heterocycles. The van der Waals surface area contributed by atoms with Crippen LogP contribution in [0.1, 0.15) is 12.8 Å². The van der Waals surface area contributed by atoms with E-state index < -0.39 is 11.9 Å². The van der Waals surface area contributed by atoms with Crippen molar-refractivity contribution in [1.82, 2.24) is 4.90 Å². The van der Waals surface area contributed by atoms with Gasteiger partial charge in [-0.25, -0.2) is 0 Å². The molecular formula is C13H15ClF3N3. The lowest BCUT2D eigenvalue weighted by atomic mass is 10.3. The number of benzene rings is 1. The van der Waals surface area contributed by atoms with Crippen molar-refractivity contribution in [2.45, 2.75) is 19.0 Å². The first-order chi connectivity index (χ1) is 9.45. The van der Waals surface area contributed by atoms with Gasteiger partial charge in [-0.05, 0) is 50.2 Å². The molecule has 0 amide bonds. The smallest absolute Gasteiger partial charge is 0.297 e. The van der Waals surface area contributed by atoms with Gasteiger partial charge in [0.15, 0.2) is 5.71 Å². The van der Waals surface area contributed by atoms with Crippen LogP contribution in [0.25, 0.3) is 0 Å². The molecule has 0 bridgehead atoms. The Morgan fingerprint density at radius 1 is 1.20 bits per heavy atom. The quantitative estimate of drug-likeness (QED) is 0.677. The monoisotopic (exact) mass is 305 g/mol. The zero-order valence-corrected chi connectivity index (χ0v) is 11.5. The Morgan fingerprint density at radius 3 is 2.35 bits per heavy atom. The molecule has 110 valence electrons. The van der Waals surface area contributed by atoms with Crippen molar-refractivity contribution in [3.8, 4) is 0 Å². The molecule has 1 aliphatic rings. The Hall–Kier alpha value is -1.27. The van der Waals surface area contributed by atoms with Crippen LogP contribution in [0.3, 0.4) is 0 Å². The molecular weight excluding hydrogens is 291 g/mol. The number of nitrogens with one attached hydrogen (secondary N) is 1. The van der Waals surface area contributed by atoms with Crippen molar-refractivity contribution >= 4 is 23.0 Å². The zero-order valence-electron chi connectivity index (χ0n) is 10.8. The minimum atomic E-state index is -4.43. The number of likely N-dealkylation sites (tertiary alicyclic amines) is 1. The third-order valence-corrected chi connectivity index (χ3v) is 3.32. The predicted molar refractivity (Wildman–Crippen MR) is 74.2 cm³/mol. The summed E-state index contributed by atoms with van der Waals surface area (Å²) in [6, 6.07) is 6.34.